The summed E-state index contributed by atoms with van der Waals surface area (Å²) in [4.78, 5) is 25.9. The Bertz CT molecular complexity index is 495. The molecule has 2 rings (SSSR count). The predicted octanol–water partition coefficient (Wildman–Crippen LogP) is 0.292. The fourth-order valence-electron chi connectivity index (χ4n) is 2.24. The normalized spacial score (nSPS) is 23.9. The van der Waals surface area contributed by atoms with Crippen LogP contribution >= 0.6 is 0 Å². The average Bonchev–Trinajstić information content (AvgIpc) is 2.74. The van der Waals surface area contributed by atoms with Crippen LogP contribution in [0.2, 0.25) is 0 Å². The number of aromatic nitrogens is 2. The lowest BCUT2D eigenvalue weighted by Crippen LogP contribution is -2.63. The predicted molar refractivity (Wildman–Crippen MR) is 70.0 cm³/mol. The topological polar surface area (TPSA) is 67.2 Å². The van der Waals surface area contributed by atoms with Crippen molar-refractivity contribution >= 4 is 11.8 Å². The van der Waals surface area contributed by atoms with Crippen molar-refractivity contribution in [2.24, 2.45) is 13.0 Å². The van der Waals surface area contributed by atoms with Gasteiger partial charge in [0.1, 0.15) is 12.1 Å². The average molecular weight is 264 g/mol. The summed E-state index contributed by atoms with van der Waals surface area (Å²) < 4.78 is 1.69. The molecule has 1 aromatic heterocycles. The molecule has 1 aliphatic heterocycles. The molecule has 2 amide bonds. The van der Waals surface area contributed by atoms with Crippen LogP contribution in [0, 0.1) is 5.92 Å². The van der Waals surface area contributed by atoms with E-state index in [9.17, 15) is 9.59 Å². The first-order valence-corrected chi connectivity index (χ1v) is 6.49. The molecule has 0 spiro atoms. The Balaban J connectivity index is 2.20. The highest BCUT2D eigenvalue weighted by molar-refractivity contribution is 5.96. The minimum absolute atomic E-state index is 0.0345. The third-order valence-corrected chi connectivity index (χ3v) is 3.46. The molecule has 6 nitrogen and oxygen atoms in total. The van der Waals surface area contributed by atoms with Crippen LogP contribution in [-0.2, 0) is 23.2 Å². The SMILES string of the molecule is CC(C)C1NC(=O)C(C)N(Cc2ccn(C)n2)C1=O. The second-order valence-corrected chi connectivity index (χ2v) is 5.35. The number of piperazine rings is 1. The summed E-state index contributed by atoms with van der Waals surface area (Å²) in [7, 11) is 1.83. The second kappa shape index (κ2) is 5.03. The summed E-state index contributed by atoms with van der Waals surface area (Å²) in [6.45, 7) is 5.97. The van der Waals surface area contributed by atoms with Crippen LogP contribution in [0.25, 0.3) is 0 Å². The monoisotopic (exact) mass is 264 g/mol. The Morgan fingerprint density at radius 2 is 2.11 bits per heavy atom. The molecule has 19 heavy (non-hydrogen) atoms. The molecular weight excluding hydrogens is 244 g/mol. The van der Waals surface area contributed by atoms with Gasteiger partial charge in [0.2, 0.25) is 11.8 Å². The van der Waals surface area contributed by atoms with Crippen molar-refractivity contribution in [3.8, 4) is 0 Å². The van der Waals surface area contributed by atoms with Gasteiger partial charge in [0.25, 0.3) is 0 Å². The van der Waals surface area contributed by atoms with Crippen molar-refractivity contribution in [2.75, 3.05) is 0 Å². The molecule has 2 unspecified atom stereocenters. The Labute approximate surface area is 112 Å². The van der Waals surface area contributed by atoms with Crippen LogP contribution in [0.15, 0.2) is 12.3 Å². The first-order chi connectivity index (χ1) is 8.90. The molecule has 2 atom stereocenters. The minimum Gasteiger partial charge on any atom is -0.342 e. The van der Waals surface area contributed by atoms with Crippen molar-refractivity contribution < 1.29 is 9.59 Å². The van der Waals surface area contributed by atoms with Gasteiger partial charge in [-0.2, -0.15) is 5.10 Å². The summed E-state index contributed by atoms with van der Waals surface area (Å²) in [5.41, 5.74) is 0.792. The highest BCUT2D eigenvalue weighted by atomic mass is 16.2. The van der Waals surface area contributed by atoms with E-state index in [4.69, 9.17) is 0 Å². The third-order valence-electron chi connectivity index (χ3n) is 3.46. The molecule has 0 radical (unpaired) electrons. The van der Waals surface area contributed by atoms with Crippen molar-refractivity contribution in [1.82, 2.24) is 20.0 Å². The van der Waals surface area contributed by atoms with Crippen LogP contribution in [-0.4, -0.2) is 38.6 Å². The Kier molecular flexibility index (Phi) is 3.59. The number of nitrogens with zero attached hydrogens (tertiary/aromatic N) is 3. The number of rotatable bonds is 3. The van der Waals surface area contributed by atoms with Crippen LogP contribution < -0.4 is 5.32 Å². The van der Waals surface area contributed by atoms with Gasteiger partial charge in [-0.1, -0.05) is 13.8 Å². The van der Waals surface area contributed by atoms with Gasteiger partial charge in [0.15, 0.2) is 0 Å². The van der Waals surface area contributed by atoms with E-state index in [0.29, 0.717) is 6.54 Å². The smallest absolute Gasteiger partial charge is 0.246 e. The molecule has 6 heteroatoms. The molecule has 1 saturated heterocycles. The molecule has 0 aliphatic carbocycles. The number of carbonyl (C=O) groups is 2. The summed E-state index contributed by atoms with van der Waals surface area (Å²) in [5, 5.41) is 7.04. The van der Waals surface area contributed by atoms with E-state index >= 15 is 0 Å². The van der Waals surface area contributed by atoms with E-state index in [1.807, 2.05) is 33.2 Å². The van der Waals surface area contributed by atoms with Crippen LogP contribution in [0.5, 0.6) is 0 Å². The fraction of sp³-hybridized carbons (Fsp3) is 0.615. The fourth-order valence-corrected chi connectivity index (χ4v) is 2.24. The Hall–Kier alpha value is -1.85. The Morgan fingerprint density at radius 1 is 1.42 bits per heavy atom. The number of carbonyl (C=O) groups excluding carboxylic acids is 2. The van der Waals surface area contributed by atoms with Crippen LogP contribution in [0.3, 0.4) is 0 Å². The van der Waals surface area contributed by atoms with Gasteiger partial charge in [0.05, 0.1) is 12.2 Å². The quantitative estimate of drug-likeness (QED) is 0.853. The lowest BCUT2D eigenvalue weighted by Gasteiger charge is -2.38. The van der Waals surface area contributed by atoms with E-state index in [1.54, 1.807) is 16.5 Å². The third kappa shape index (κ3) is 2.62. The number of nitrogens with one attached hydrogen (secondary N) is 1. The molecule has 1 fully saturated rings. The molecular formula is C13H20N4O2. The number of amides is 2. The maximum atomic E-state index is 12.4. The summed E-state index contributed by atoms with van der Waals surface area (Å²) in [6, 6.07) is 0.966. The number of hydrogen-bond acceptors (Lipinski definition) is 3. The highest BCUT2D eigenvalue weighted by Gasteiger charge is 2.39. The van der Waals surface area contributed by atoms with Crippen molar-refractivity contribution in [2.45, 2.75) is 39.4 Å². The molecule has 0 saturated carbocycles. The van der Waals surface area contributed by atoms with Crippen molar-refractivity contribution in [3.63, 3.8) is 0 Å². The van der Waals surface area contributed by atoms with E-state index in [0.717, 1.165) is 5.69 Å². The molecule has 104 valence electrons. The lowest BCUT2D eigenvalue weighted by molar-refractivity contribution is -0.150. The zero-order chi connectivity index (χ0) is 14.2. The van der Waals surface area contributed by atoms with E-state index in [-0.39, 0.29) is 17.7 Å². The minimum atomic E-state index is -0.454. The van der Waals surface area contributed by atoms with Crippen LogP contribution in [0.1, 0.15) is 26.5 Å². The van der Waals surface area contributed by atoms with Gasteiger partial charge >= 0.3 is 0 Å². The number of hydrogen-bond donors (Lipinski definition) is 1. The first kappa shape index (κ1) is 13.6. The standard InChI is InChI=1S/C13H20N4O2/c1-8(2)11-13(19)17(9(3)12(18)14-11)7-10-5-6-16(4)15-10/h5-6,8-9,11H,7H2,1-4H3,(H,14,18). The largest absolute Gasteiger partial charge is 0.342 e. The Morgan fingerprint density at radius 3 is 2.63 bits per heavy atom. The van der Waals surface area contributed by atoms with Gasteiger partial charge < -0.3 is 10.2 Å². The molecule has 2 heterocycles. The van der Waals surface area contributed by atoms with Crippen LogP contribution in [0.4, 0.5) is 0 Å². The lowest BCUT2D eigenvalue weighted by atomic mass is 9.98. The zero-order valence-corrected chi connectivity index (χ0v) is 11.8. The van der Waals surface area contributed by atoms with E-state index in [2.05, 4.69) is 10.4 Å². The van der Waals surface area contributed by atoms with Gasteiger partial charge in [-0.3, -0.25) is 14.3 Å². The van der Waals surface area contributed by atoms with Gasteiger partial charge in [0, 0.05) is 13.2 Å². The maximum absolute atomic E-state index is 12.4. The van der Waals surface area contributed by atoms with Crippen molar-refractivity contribution in [3.05, 3.63) is 18.0 Å². The number of aryl methyl sites for hydroxylation is 1. The zero-order valence-electron chi connectivity index (χ0n) is 11.8. The molecule has 0 aromatic carbocycles. The molecule has 1 N–H and O–H groups in total. The maximum Gasteiger partial charge on any atom is 0.246 e. The summed E-state index contributed by atoms with van der Waals surface area (Å²) >= 11 is 0. The summed E-state index contributed by atoms with van der Waals surface area (Å²) in [5.74, 6) is -0.0582. The first-order valence-electron chi connectivity index (χ1n) is 6.49. The van der Waals surface area contributed by atoms with E-state index < -0.39 is 12.1 Å². The van der Waals surface area contributed by atoms with Gasteiger partial charge in [-0.15, -0.1) is 0 Å². The molecule has 1 aromatic rings. The molecule has 0 bridgehead atoms. The highest BCUT2D eigenvalue weighted by Crippen LogP contribution is 2.17. The van der Waals surface area contributed by atoms with Gasteiger partial charge in [-0.25, -0.2) is 0 Å². The van der Waals surface area contributed by atoms with Gasteiger partial charge in [-0.05, 0) is 18.9 Å². The van der Waals surface area contributed by atoms with Crippen molar-refractivity contribution in [1.29, 1.82) is 0 Å². The van der Waals surface area contributed by atoms with E-state index in [1.165, 1.54) is 0 Å². The molecule has 1 aliphatic rings. The summed E-state index contributed by atoms with van der Waals surface area (Å²) in [6.07, 6.45) is 1.83. The second-order valence-electron chi connectivity index (χ2n) is 5.35.